The highest BCUT2D eigenvalue weighted by atomic mass is 32.2. The molecule has 2 aromatic carbocycles. The Morgan fingerprint density at radius 2 is 1.93 bits per heavy atom. The maximum Gasteiger partial charge on any atom is 0.266 e. The number of benzene rings is 2. The monoisotopic (exact) mass is 417 g/mol. The molecule has 0 bridgehead atoms. The van der Waals surface area contributed by atoms with E-state index in [-0.39, 0.29) is 17.3 Å². The first-order valence-electron chi connectivity index (χ1n) is 8.85. The summed E-state index contributed by atoms with van der Waals surface area (Å²) in [5.74, 6) is -0.0234. The van der Waals surface area contributed by atoms with Crippen LogP contribution in [0.1, 0.15) is 13.3 Å². The van der Waals surface area contributed by atoms with E-state index in [1.54, 1.807) is 30.3 Å². The molecule has 0 saturated heterocycles. The fourth-order valence-corrected chi connectivity index (χ4v) is 4.43. The second kappa shape index (κ2) is 9.75. The lowest BCUT2D eigenvalue weighted by molar-refractivity contribution is -0.118. The summed E-state index contributed by atoms with van der Waals surface area (Å²) >= 11 is 2.84. The summed E-state index contributed by atoms with van der Waals surface area (Å²) in [7, 11) is 0. The van der Waals surface area contributed by atoms with Gasteiger partial charge in [0.15, 0.2) is 5.16 Å². The number of nitrogens with one attached hydrogen (secondary N) is 1. The van der Waals surface area contributed by atoms with Gasteiger partial charge in [-0.1, -0.05) is 30.8 Å². The molecule has 1 aromatic heterocycles. The van der Waals surface area contributed by atoms with Crippen LogP contribution in [0.2, 0.25) is 0 Å². The number of rotatable bonds is 8. The Kier molecular flexibility index (Phi) is 7.11. The smallest absolute Gasteiger partial charge is 0.266 e. The van der Waals surface area contributed by atoms with E-state index in [9.17, 15) is 14.0 Å². The first-order valence-corrected chi connectivity index (χ1v) is 11.0. The zero-order valence-electron chi connectivity index (χ0n) is 15.4. The van der Waals surface area contributed by atoms with Gasteiger partial charge in [-0.25, -0.2) is 9.37 Å². The van der Waals surface area contributed by atoms with Gasteiger partial charge in [-0.2, -0.15) is 0 Å². The third-order valence-corrected chi connectivity index (χ3v) is 6.04. The van der Waals surface area contributed by atoms with Crippen LogP contribution < -0.4 is 10.9 Å². The second-order valence-corrected chi connectivity index (χ2v) is 8.28. The normalized spacial score (nSPS) is 10.9. The standard InChI is InChI=1S/C20H20FN3O2S2/c1-2-11-22-18(25)12-27-13-28-20-23-17-6-4-3-5-16(17)19(26)24(20)15-9-7-14(21)8-10-15/h3-10H,2,11-13H2,1H3,(H,22,25). The van der Waals surface area contributed by atoms with Crippen molar-refractivity contribution in [3.8, 4) is 5.69 Å². The van der Waals surface area contributed by atoms with E-state index < -0.39 is 0 Å². The summed E-state index contributed by atoms with van der Waals surface area (Å²) < 4.78 is 14.8. The number of para-hydroxylation sites is 1. The largest absolute Gasteiger partial charge is 0.355 e. The van der Waals surface area contributed by atoms with Gasteiger partial charge in [-0.3, -0.25) is 14.2 Å². The molecule has 0 aliphatic rings. The van der Waals surface area contributed by atoms with Gasteiger partial charge in [-0.05, 0) is 42.8 Å². The van der Waals surface area contributed by atoms with Crippen LogP contribution in [0, 0.1) is 5.82 Å². The molecular formula is C20H20FN3O2S2. The predicted octanol–water partition coefficient (Wildman–Crippen LogP) is 3.83. The average Bonchev–Trinajstić information content (AvgIpc) is 2.71. The molecule has 1 heterocycles. The molecule has 0 atom stereocenters. The minimum absolute atomic E-state index is 0.00477. The predicted molar refractivity (Wildman–Crippen MR) is 114 cm³/mol. The van der Waals surface area contributed by atoms with Gasteiger partial charge in [0.25, 0.3) is 5.56 Å². The fraction of sp³-hybridized carbons (Fsp3) is 0.250. The van der Waals surface area contributed by atoms with Crippen molar-refractivity contribution in [1.82, 2.24) is 14.9 Å². The first kappa shape index (κ1) is 20.4. The third-order valence-electron chi connectivity index (χ3n) is 3.91. The van der Waals surface area contributed by atoms with Crippen LogP contribution >= 0.6 is 23.5 Å². The summed E-state index contributed by atoms with van der Waals surface area (Å²) in [6.07, 6.45) is 0.899. The molecule has 1 N–H and O–H groups in total. The summed E-state index contributed by atoms with van der Waals surface area (Å²) in [6, 6.07) is 12.9. The number of nitrogens with zero attached hydrogens (tertiary/aromatic N) is 2. The molecular weight excluding hydrogens is 397 g/mol. The second-order valence-electron chi connectivity index (χ2n) is 5.99. The van der Waals surface area contributed by atoms with Gasteiger partial charge in [0.05, 0.1) is 22.3 Å². The van der Waals surface area contributed by atoms with E-state index in [0.29, 0.717) is 39.1 Å². The van der Waals surface area contributed by atoms with E-state index in [1.807, 2.05) is 13.0 Å². The summed E-state index contributed by atoms with van der Waals surface area (Å²) in [5, 5.41) is 4.41. The number of hydrogen-bond donors (Lipinski definition) is 1. The van der Waals surface area contributed by atoms with Crippen molar-refractivity contribution in [1.29, 1.82) is 0 Å². The summed E-state index contributed by atoms with van der Waals surface area (Å²) in [6.45, 7) is 2.67. The molecule has 3 aromatic rings. The van der Waals surface area contributed by atoms with Crippen molar-refractivity contribution in [2.24, 2.45) is 0 Å². The lowest BCUT2D eigenvalue weighted by atomic mass is 10.2. The molecule has 3 rings (SSSR count). The Bertz CT molecular complexity index is 1020. The fourth-order valence-electron chi connectivity index (χ4n) is 2.57. The molecule has 146 valence electrons. The molecule has 0 spiro atoms. The number of fused-ring (bicyclic) bond motifs is 1. The topological polar surface area (TPSA) is 64.0 Å². The number of amides is 1. The average molecular weight is 418 g/mol. The van der Waals surface area contributed by atoms with E-state index >= 15 is 0 Å². The maximum atomic E-state index is 13.3. The van der Waals surface area contributed by atoms with Crippen LogP contribution in [0.4, 0.5) is 4.39 Å². The summed E-state index contributed by atoms with van der Waals surface area (Å²) in [5.41, 5.74) is 0.960. The Labute approximate surface area is 170 Å². The lowest BCUT2D eigenvalue weighted by Gasteiger charge is -2.13. The Hall–Kier alpha value is -2.32. The Balaban J connectivity index is 1.85. The highest BCUT2D eigenvalue weighted by Gasteiger charge is 2.13. The SMILES string of the molecule is CCCNC(=O)CSCSc1nc2ccccc2c(=O)n1-c1ccc(F)cc1. The lowest BCUT2D eigenvalue weighted by Crippen LogP contribution is -2.25. The maximum absolute atomic E-state index is 13.3. The van der Waals surface area contributed by atoms with Crippen molar-refractivity contribution >= 4 is 40.3 Å². The molecule has 28 heavy (non-hydrogen) atoms. The van der Waals surface area contributed by atoms with Gasteiger partial charge >= 0.3 is 0 Å². The van der Waals surface area contributed by atoms with Crippen LogP contribution in [-0.2, 0) is 4.79 Å². The molecule has 0 aliphatic heterocycles. The molecule has 0 radical (unpaired) electrons. The van der Waals surface area contributed by atoms with Gasteiger partial charge in [0, 0.05) is 11.6 Å². The molecule has 0 saturated carbocycles. The molecule has 8 heteroatoms. The van der Waals surface area contributed by atoms with Crippen LogP contribution in [0.15, 0.2) is 58.5 Å². The number of aromatic nitrogens is 2. The number of carbonyl (C=O) groups excluding carboxylic acids is 1. The summed E-state index contributed by atoms with van der Waals surface area (Å²) in [4.78, 5) is 29.4. The van der Waals surface area contributed by atoms with Crippen LogP contribution in [-0.4, -0.2) is 32.8 Å². The highest BCUT2D eigenvalue weighted by Crippen LogP contribution is 2.24. The van der Waals surface area contributed by atoms with Crippen molar-refractivity contribution < 1.29 is 9.18 Å². The quantitative estimate of drug-likeness (QED) is 0.261. The number of carbonyl (C=O) groups is 1. The minimum atomic E-state index is -0.367. The van der Waals surface area contributed by atoms with Gasteiger partial charge < -0.3 is 5.32 Å². The zero-order chi connectivity index (χ0) is 19.9. The van der Waals surface area contributed by atoms with Crippen molar-refractivity contribution in [2.75, 3.05) is 17.4 Å². The minimum Gasteiger partial charge on any atom is -0.355 e. The molecule has 0 unspecified atom stereocenters. The highest BCUT2D eigenvalue weighted by molar-refractivity contribution is 8.16. The van der Waals surface area contributed by atoms with Crippen molar-refractivity contribution in [3.05, 3.63) is 64.7 Å². The van der Waals surface area contributed by atoms with Crippen LogP contribution in [0.5, 0.6) is 0 Å². The Morgan fingerprint density at radius 1 is 1.18 bits per heavy atom. The first-order chi connectivity index (χ1) is 13.6. The molecule has 5 nitrogen and oxygen atoms in total. The molecule has 0 fully saturated rings. The molecule has 0 aliphatic carbocycles. The van der Waals surface area contributed by atoms with Gasteiger partial charge in [0.1, 0.15) is 5.82 Å². The Morgan fingerprint density at radius 3 is 2.68 bits per heavy atom. The van der Waals surface area contributed by atoms with Crippen LogP contribution in [0.25, 0.3) is 16.6 Å². The van der Waals surface area contributed by atoms with E-state index in [1.165, 1.54) is 40.2 Å². The number of thioether (sulfide) groups is 2. The number of hydrogen-bond acceptors (Lipinski definition) is 5. The third kappa shape index (κ3) is 4.94. The number of halogens is 1. The van der Waals surface area contributed by atoms with Crippen molar-refractivity contribution in [3.63, 3.8) is 0 Å². The van der Waals surface area contributed by atoms with E-state index in [0.717, 1.165) is 6.42 Å². The van der Waals surface area contributed by atoms with Gasteiger partial charge in [-0.15, -0.1) is 11.8 Å². The van der Waals surface area contributed by atoms with Crippen molar-refractivity contribution in [2.45, 2.75) is 18.5 Å². The van der Waals surface area contributed by atoms with E-state index in [2.05, 4.69) is 10.3 Å². The molecule has 1 amide bonds. The van der Waals surface area contributed by atoms with Gasteiger partial charge in [0.2, 0.25) is 5.91 Å². The van der Waals surface area contributed by atoms with Crippen LogP contribution in [0.3, 0.4) is 0 Å². The zero-order valence-corrected chi connectivity index (χ0v) is 17.0. The van der Waals surface area contributed by atoms with E-state index in [4.69, 9.17) is 0 Å².